The van der Waals surface area contributed by atoms with Gasteiger partial charge in [0.25, 0.3) is 0 Å². The number of carbonyl (C=O) groups is 2. The Bertz CT molecular complexity index is 289. The van der Waals surface area contributed by atoms with E-state index in [1.54, 1.807) is 0 Å². The predicted octanol–water partition coefficient (Wildman–Crippen LogP) is 4.72. The fourth-order valence-electron chi connectivity index (χ4n) is 2.75. The van der Waals surface area contributed by atoms with Gasteiger partial charge >= 0.3 is 11.9 Å². The molecule has 0 aliphatic rings. The van der Waals surface area contributed by atoms with E-state index in [0.717, 1.165) is 51.4 Å². The molecule has 0 aliphatic heterocycles. The molecule has 124 valence electrons. The molecule has 2 N–H and O–H groups in total. The number of aliphatic carboxylic acids is 2. The summed E-state index contributed by atoms with van der Waals surface area (Å²) in [6.45, 7) is 4.31. The molecule has 2 atom stereocenters. The largest absolute Gasteiger partial charge is 0.481 e. The molecule has 0 amide bonds. The highest BCUT2D eigenvalue weighted by atomic mass is 16.4. The van der Waals surface area contributed by atoms with Crippen molar-refractivity contribution < 1.29 is 19.8 Å². The van der Waals surface area contributed by atoms with Crippen molar-refractivity contribution in [3.63, 3.8) is 0 Å². The van der Waals surface area contributed by atoms with Crippen molar-refractivity contribution in [1.82, 2.24) is 0 Å². The molecule has 0 aromatic carbocycles. The molecule has 2 unspecified atom stereocenters. The van der Waals surface area contributed by atoms with E-state index in [1.165, 1.54) is 6.42 Å². The van der Waals surface area contributed by atoms with Gasteiger partial charge in [0.15, 0.2) is 0 Å². The van der Waals surface area contributed by atoms with Gasteiger partial charge in [-0.1, -0.05) is 58.8 Å². The topological polar surface area (TPSA) is 74.6 Å². The van der Waals surface area contributed by atoms with E-state index >= 15 is 0 Å². The summed E-state index contributed by atoms with van der Waals surface area (Å²) in [4.78, 5) is 21.7. The summed E-state index contributed by atoms with van der Waals surface area (Å²) in [6, 6.07) is 0. The van der Waals surface area contributed by atoms with E-state index in [1.807, 2.05) is 0 Å². The molecule has 0 spiro atoms. The smallest absolute Gasteiger partial charge is 0.306 e. The molecule has 0 saturated carbocycles. The monoisotopic (exact) mass is 300 g/mol. The highest BCUT2D eigenvalue weighted by molar-refractivity contribution is 5.69. The summed E-state index contributed by atoms with van der Waals surface area (Å²) in [5, 5.41) is 17.9. The predicted molar refractivity (Wildman–Crippen MR) is 84.4 cm³/mol. The minimum atomic E-state index is -0.750. The van der Waals surface area contributed by atoms with Crippen LogP contribution in [0.5, 0.6) is 0 Å². The first-order valence-corrected chi connectivity index (χ1v) is 8.45. The molecule has 0 saturated heterocycles. The summed E-state index contributed by atoms with van der Waals surface area (Å²) in [6.07, 6.45) is 9.68. The van der Waals surface area contributed by atoms with Gasteiger partial charge in [-0.15, -0.1) is 0 Å². The van der Waals surface area contributed by atoms with Crippen LogP contribution in [0.3, 0.4) is 0 Å². The Hall–Kier alpha value is -1.06. The molecular formula is C17H32O4. The SMILES string of the molecule is CCCCC(CC)CC(CCCCCCC(=O)O)C(=O)O. The Kier molecular flexibility index (Phi) is 12.0. The summed E-state index contributed by atoms with van der Waals surface area (Å²) in [5.41, 5.74) is 0. The van der Waals surface area contributed by atoms with E-state index in [-0.39, 0.29) is 12.3 Å². The standard InChI is InChI=1S/C17H32O4/c1-3-5-10-14(4-2)13-15(17(20)21)11-8-6-7-9-12-16(18)19/h14-15H,3-13H2,1-2H3,(H,18,19)(H,20,21). The average Bonchev–Trinajstić information content (AvgIpc) is 2.44. The van der Waals surface area contributed by atoms with Crippen molar-refractivity contribution in [1.29, 1.82) is 0 Å². The van der Waals surface area contributed by atoms with Crippen LogP contribution < -0.4 is 0 Å². The number of unbranched alkanes of at least 4 members (excludes halogenated alkanes) is 4. The van der Waals surface area contributed by atoms with Gasteiger partial charge in [-0.05, 0) is 25.2 Å². The van der Waals surface area contributed by atoms with Crippen molar-refractivity contribution in [2.45, 2.75) is 84.5 Å². The van der Waals surface area contributed by atoms with Crippen LogP contribution in [0.15, 0.2) is 0 Å². The maximum absolute atomic E-state index is 11.4. The van der Waals surface area contributed by atoms with E-state index in [4.69, 9.17) is 5.11 Å². The van der Waals surface area contributed by atoms with E-state index < -0.39 is 11.9 Å². The fourth-order valence-corrected chi connectivity index (χ4v) is 2.75. The lowest BCUT2D eigenvalue weighted by Crippen LogP contribution is -2.18. The van der Waals surface area contributed by atoms with Crippen LogP contribution in [0.2, 0.25) is 0 Å². The Labute approximate surface area is 128 Å². The Morgan fingerprint density at radius 2 is 1.57 bits per heavy atom. The molecule has 4 nitrogen and oxygen atoms in total. The van der Waals surface area contributed by atoms with Crippen LogP contribution in [0.4, 0.5) is 0 Å². The number of carboxylic acids is 2. The Morgan fingerprint density at radius 1 is 0.905 bits per heavy atom. The third kappa shape index (κ3) is 11.3. The third-order valence-electron chi connectivity index (χ3n) is 4.20. The highest BCUT2D eigenvalue weighted by Crippen LogP contribution is 2.25. The van der Waals surface area contributed by atoms with Crippen molar-refractivity contribution in [3.05, 3.63) is 0 Å². The summed E-state index contributed by atoms with van der Waals surface area (Å²) >= 11 is 0. The van der Waals surface area contributed by atoms with Gasteiger partial charge in [-0.3, -0.25) is 9.59 Å². The summed E-state index contributed by atoms with van der Waals surface area (Å²) in [5.74, 6) is -1.13. The lowest BCUT2D eigenvalue weighted by Gasteiger charge is -2.19. The first-order chi connectivity index (χ1) is 10.0. The van der Waals surface area contributed by atoms with Gasteiger partial charge in [0.2, 0.25) is 0 Å². The fraction of sp³-hybridized carbons (Fsp3) is 0.882. The van der Waals surface area contributed by atoms with Crippen LogP contribution >= 0.6 is 0 Å². The average molecular weight is 300 g/mol. The molecule has 0 aliphatic carbocycles. The van der Waals surface area contributed by atoms with Gasteiger partial charge in [0, 0.05) is 6.42 Å². The molecule has 0 aromatic rings. The van der Waals surface area contributed by atoms with Crippen LogP contribution in [-0.2, 0) is 9.59 Å². The van der Waals surface area contributed by atoms with Crippen molar-refractivity contribution in [2.24, 2.45) is 11.8 Å². The van der Waals surface area contributed by atoms with Crippen molar-refractivity contribution in [3.8, 4) is 0 Å². The van der Waals surface area contributed by atoms with E-state index in [0.29, 0.717) is 12.3 Å². The first kappa shape index (κ1) is 19.9. The zero-order valence-electron chi connectivity index (χ0n) is 13.6. The number of hydrogen-bond acceptors (Lipinski definition) is 2. The Balaban J connectivity index is 3.95. The third-order valence-corrected chi connectivity index (χ3v) is 4.20. The minimum absolute atomic E-state index is 0.220. The van der Waals surface area contributed by atoms with E-state index in [9.17, 15) is 14.7 Å². The van der Waals surface area contributed by atoms with Gasteiger partial charge < -0.3 is 10.2 Å². The maximum atomic E-state index is 11.4. The van der Waals surface area contributed by atoms with Gasteiger partial charge in [0.1, 0.15) is 0 Å². The molecule has 4 heteroatoms. The van der Waals surface area contributed by atoms with Crippen LogP contribution in [0, 0.1) is 11.8 Å². The second kappa shape index (κ2) is 12.7. The lowest BCUT2D eigenvalue weighted by molar-refractivity contribution is -0.142. The normalized spacial score (nSPS) is 13.8. The minimum Gasteiger partial charge on any atom is -0.481 e. The zero-order valence-corrected chi connectivity index (χ0v) is 13.6. The van der Waals surface area contributed by atoms with Crippen LogP contribution in [0.1, 0.15) is 84.5 Å². The van der Waals surface area contributed by atoms with Gasteiger partial charge in [-0.25, -0.2) is 0 Å². The van der Waals surface area contributed by atoms with E-state index in [2.05, 4.69) is 13.8 Å². The number of hydrogen-bond donors (Lipinski definition) is 2. The quantitative estimate of drug-likeness (QED) is 0.455. The lowest BCUT2D eigenvalue weighted by atomic mass is 9.86. The maximum Gasteiger partial charge on any atom is 0.306 e. The number of rotatable bonds is 14. The molecule has 0 fully saturated rings. The van der Waals surface area contributed by atoms with Gasteiger partial charge in [0.05, 0.1) is 5.92 Å². The first-order valence-electron chi connectivity index (χ1n) is 8.45. The molecule has 0 radical (unpaired) electrons. The Morgan fingerprint density at radius 3 is 2.10 bits per heavy atom. The molecule has 0 rings (SSSR count). The molecule has 0 aromatic heterocycles. The van der Waals surface area contributed by atoms with Crippen molar-refractivity contribution in [2.75, 3.05) is 0 Å². The molecule has 0 heterocycles. The molecule has 21 heavy (non-hydrogen) atoms. The van der Waals surface area contributed by atoms with Crippen molar-refractivity contribution >= 4 is 11.9 Å². The van der Waals surface area contributed by atoms with Crippen LogP contribution in [0.25, 0.3) is 0 Å². The second-order valence-corrected chi connectivity index (χ2v) is 6.03. The van der Waals surface area contributed by atoms with Gasteiger partial charge in [-0.2, -0.15) is 0 Å². The number of carboxylic acid groups (broad SMARTS) is 2. The summed E-state index contributed by atoms with van der Waals surface area (Å²) in [7, 11) is 0. The highest BCUT2D eigenvalue weighted by Gasteiger charge is 2.21. The molecule has 0 bridgehead atoms. The molecular weight excluding hydrogens is 268 g/mol. The van der Waals surface area contributed by atoms with Crippen LogP contribution in [-0.4, -0.2) is 22.2 Å². The summed E-state index contributed by atoms with van der Waals surface area (Å²) < 4.78 is 0. The second-order valence-electron chi connectivity index (χ2n) is 6.03. The zero-order chi connectivity index (χ0) is 16.1.